The van der Waals surface area contributed by atoms with E-state index < -0.39 is 0 Å². The molecule has 90 valence electrons. The average molecular weight is 236 g/mol. The first-order valence-electron chi connectivity index (χ1n) is 3.34. The normalized spacial score (nSPS) is 8.50. The van der Waals surface area contributed by atoms with Gasteiger partial charge in [0, 0.05) is 0 Å². The first-order chi connectivity index (χ1) is 7.79. The summed E-state index contributed by atoms with van der Waals surface area (Å²) >= 11 is 0. The fourth-order valence-corrected chi connectivity index (χ4v) is 0.619. The van der Waals surface area contributed by atoms with Crippen molar-refractivity contribution in [3.8, 4) is 11.6 Å². The lowest BCUT2D eigenvalue weighted by Gasteiger charge is -2.07. The molecule has 0 spiro atoms. The van der Waals surface area contributed by atoms with Crippen molar-refractivity contribution in [3.05, 3.63) is 10.4 Å². The molecule has 14 nitrogen and oxygen atoms in total. The van der Waals surface area contributed by atoms with Crippen LogP contribution in [-0.2, 0) is 0 Å². The van der Waals surface area contributed by atoms with Crippen molar-refractivity contribution in [1.82, 2.24) is 40.7 Å². The monoisotopic (exact) mass is 236 g/mol. The van der Waals surface area contributed by atoms with Gasteiger partial charge in [0.1, 0.15) is 0 Å². The van der Waals surface area contributed by atoms with Gasteiger partial charge in [0.05, 0.1) is 0 Å². The zero-order valence-corrected chi connectivity index (χ0v) is 7.70. The smallest absolute Gasteiger partial charge is 0.217 e. The Morgan fingerprint density at radius 3 is 1.31 bits per heavy atom. The number of hydrogen-bond donors (Lipinski definition) is 4. The Morgan fingerprint density at radius 1 is 0.812 bits per heavy atom. The fourth-order valence-electron chi connectivity index (χ4n) is 0.619. The quantitative estimate of drug-likeness (QED) is 0.345. The van der Waals surface area contributed by atoms with Gasteiger partial charge in [-0.15, -0.1) is 10.2 Å². The van der Waals surface area contributed by atoms with Crippen LogP contribution in [0.15, 0.2) is 0 Å². The van der Waals surface area contributed by atoms with Crippen LogP contribution in [0.25, 0.3) is 11.6 Å². The lowest BCUT2D eigenvalue weighted by atomic mass is 10.6. The summed E-state index contributed by atoms with van der Waals surface area (Å²) in [5, 5.41) is 53.4. The zero-order valence-electron chi connectivity index (χ0n) is 7.70. The highest BCUT2D eigenvalue weighted by atomic mass is 16.5. The molecule has 0 amide bonds. The third-order valence-electron chi connectivity index (χ3n) is 1.08. The minimum absolute atomic E-state index is 0.0556. The Bertz CT molecular complexity index is 357. The standard InChI is InChI=1S/C2N8O2.2H4NO/c11-9-1(3-5-7-9)2-4-6-8-10(2)12;2*1-2/h;2*2H,1H3/q-2;2*+1. The highest BCUT2D eigenvalue weighted by Crippen LogP contribution is 2.07. The van der Waals surface area contributed by atoms with Crippen molar-refractivity contribution in [3.63, 3.8) is 0 Å². The molecule has 0 aromatic carbocycles. The molecule has 2 heterocycles. The predicted octanol–water partition coefficient (Wildman–Crippen LogP) is -4.75. The number of tetrazole rings is 2. The molecular weight excluding hydrogens is 228 g/mol. The van der Waals surface area contributed by atoms with E-state index in [-0.39, 0.29) is 21.3 Å². The van der Waals surface area contributed by atoms with E-state index in [0.29, 0.717) is 0 Å². The van der Waals surface area contributed by atoms with Gasteiger partial charge in [0.25, 0.3) is 0 Å². The van der Waals surface area contributed by atoms with Crippen LogP contribution in [0.1, 0.15) is 0 Å². The molecule has 2 rings (SSSR count). The van der Waals surface area contributed by atoms with Gasteiger partial charge < -0.3 is 10.4 Å². The number of aromatic nitrogens is 8. The minimum atomic E-state index is -0.324. The van der Waals surface area contributed by atoms with Gasteiger partial charge >= 0.3 is 0 Å². The highest BCUT2D eigenvalue weighted by molar-refractivity contribution is 5.41. The second-order valence-electron chi connectivity index (χ2n) is 1.75. The molecule has 0 aliphatic heterocycles. The van der Waals surface area contributed by atoms with E-state index in [0.717, 1.165) is 0 Å². The lowest BCUT2D eigenvalue weighted by molar-refractivity contribution is -0.670. The second-order valence-corrected chi connectivity index (χ2v) is 1.75. The molecule has 0 radical (unpaired) electrons. The molecule has 16 heavy (non-hydrogen) atoms. The van der Waals surface area contributed by atoms with Crippen molar-refractivity contribution in [2.75, 3.05) is 0 Å². The summed E-state index contributed by atoms with van der Waals surface area (Å²) < 4.78 is 0. The highest BCUT2D eigenvalue weighted by Gasteiger charge is 2.08. The van der Waals surface area contributed by atoms with Crippen LogP contribution in [-0.4, -0.2) is 51.2 Å². The summed E-state index contributed by atoms with van der Waals surface area (Å²) in [4.78, 5) is 0.111. The molecule has 0 bridgehead atoms. The second kappa shape index (κ2) is 6.95. The third kappa shape index (κ3) is 2.78. The maximum atomic E-state index is 10.7. The Morgan fingerprint density at radius 2 is 1.12 bits per heavy atom. The van der Waals surface area contributed by atoms with E-state index in [1.807, 2.05) is 0 Å². The maximum absolute atomic E-state index is 10.7. The van der Waals surface area contributed by atoms with Crippen molar-refractivity contribution in [2.24, 2.45) is 0 Å². The molecule has 8 N–H and O–H groups in total. The van der Waals surface area contributed by atoms with Crippen molar-refractivity contribution >= 4 is 0 Å². The molecule has 0 unspecified atom stereocenters. The van der Waals surface area contributed by atoms with Gasteiger partial charge in [-0.3, -0.25) is 9.69 Å². The molecule has 14 heteroatoms. The Hall–Kier alpha value is -2.42. The molecular formula is C2H8N10O4. The zero-order chi connectivity index (χ0) is 12.6. The van der Waals surface area contributed by atoms with Crippen LogP contribution < -0.4 is 11.8 Å². The van der Waals surface area contributed by atoms with Crippen LogP contribution in [0.5, 0.6) is 0 Å². The summed E-state index contributed by atoms with van der Waals surface area (Å²) in [6.07, 6.45) is 0. The van der Waals surface area contributed by atoms with E-state index in [1.54, 1.807) is 0 Å². The predicted molar refractivity (Wildman–Crippen MR) is 41.5 cm³/mol. The van der Waals surface area contributed by atoms with Gasteiger partial charge in [-0.05, 0) is 20.9 Å². The van der Waals surface area contributed by atoms with E-state index in [9.17, 15) is 10.4 Å². The van der Waals surface area contributed by atoms with Crippen LogP contribution in [0, 0.1) is 10.4 Å². The number of quaternary nitrogens is 2. The lowest BCUT2D eigenvalue weighted by Crippen LogP contribution is -2.42. The van der Waals surface area contributed by atoms with Gasteiger partial charge in [-0.25, -0.2) is 22.2 Å². The van der Waals surface area contributed by atoms with Gasteiger partial charge in [0.15, 0.2) is 0 Å². The molecule has 0 saturated heterocycles. The van der Waals surface area contributed by atoms with Crippen molar-refractivity contribution in [1.29, 1.82) is 0 Å². The molecule has 0 saturated carbocycles. The Balaban J connectivity index is 0.000000509. The van der Waals surface area contributed by atoms with Gasteiger partial charge in [0.2, 0.25) is 11.6 Å². The van der Waals surface area contributed by atoms with E-state index >= 15 is 0 Å². The summed E-state index contributed by atoms with van der Waals surface area (Å²) in [6.45, 7) is 0. The molecule has 2 aromatic heterocycles. The summed E-state index contributed by atoms with van der Waals surface area (Å²) in [5.74, 6) is 3.85. The average Bonchev–Trinajstić information content (AvgIpc) is 2.93. The van der Waals surface area contributed by atoms with Crippen LogP contribution in [0.3, 0.4) is 0 Å². The van der Waals surface area contributed by atoms with Crippen LogP contribution in [0.2, 0.25) is 0 Å². The largest absolute Gasteiger partial charge is 0.787 e. The minimum Gasteiger partial charge on any atom is -0.787 e. The van der Waals surface area contributed by atoms with Crippen LogP contribution >= 0.6 is 0 Å². The summed E-state index contributed by atoms with van der Waals surface area (Å²) in [7, 11) is 0. The fraction of sp³-hybridized carbons (Fsp3) is 0. The molecule has 0 aliphatic carbocycles. The number of hydrogen-bond acceptors (Lipinski definition) is 10. The molecule has 2 aromatic rings. The number of nitrogens with zero attached hydrogens (tertiary/aromatic N) is 8. The molecule has 0 fully saturated rings. The van der Waals surface area contributed by atoms with E-state index in [4.69, 9.17) is 10.4 Å². The SMILES string of the molecule is [NH3+]O.[NH3+]O.[O-]n1nnnc1-c1nnnn1[O-]. The van der Waals surface area contributed by atoms with Gasteiger partial charge in [-0.2, -0.15) is 0 Å². The third-order valence-corrected chi connectivity index (χ3v) is 1.08. The van der Waals surface area contributed by atoms with Gasteiger partial charge in [-0.1, -0.05) is 0 Å². The Labute approximate surface area is 86.1 Å². The van der Waals surface area contributed by atoms with E-state index in [1.165, 1.54) is 0 Å². The number of rotatable bonds is 1. The maximum Gasteiger partial charge on any atom is 0.217 e. The molecule has 0 aliphatic rings. The summed E-state index contributed by atoms with van der Waals surface area (Å²) in [6, 6.07) is 0. The molecule has 0 atom stereocenters. The topological polar surface area (TPSA) is 229 Å². The Kier molecular flexibility index (Phi) is 5.90. The van der Waals surface area contributed by atoms with E-state index in [2.05, 4.69) is 42.8 Å². The van der Waals surface area contributed by atoms with Crippen molar-refractivity contribution < 1.29 is 22.2 Å². The summed E-state index contributed by atoms with van der Waals surface area (Å²) in [5.41, 5.74) is 0. The first kappa shape index (κ1) is 13.6. The van der Waals surface area contributed by atoms with Crippen LogP contribution in [0.4, 0.5) is 0 Å². The van der Waals surface area contributed by atoms with Crippen molar-refractivity contribution in [2.45, 2.75) is 0 Å². The first-order valence-corrected chi connectivity index (χ1v) is 3.34.